The molecule has 0 spiro atoms. The van der Waals surface area contributed by atoms with E-state index in [2.05, 4.69) is 77.1 Å². The Morgan fingerprint density at radius 2 is 1.60 bits per heavy atom. The van der Waals surface area contributed by atoms with E-state index in [9.17, 15) is 0 Å². The largest absolute Gasteiger partial charge is 0.456 e. The average Bonchev–Trinajstić information content (AvgIpc) is 2.68. The molecule has 0 saturated carbocycles. The van der Waals surface area contributed by atoms with Gasteiger partial charge in [0.05, 0.1) is 11.1 Å². The highest BCUT2D eigenvalue weighted by molar-refractivity contribution is 6.05. The number of benzene rings is 3. The summed E-state index contributed by atoms with van der Waals surface area (Å²) in [7, 11) is 0. The van der Waals surface area contributed by atoms with E-state index in [1.54, 1.807) is 0 Å². The Morgan fingerprint density at radius 3 is 2.37 bits per heavy atom. The first-order chi connectivity index (χ1) is 14.4. The van der Waals surface area contributed by atoms with Crippen LogP contribution in [0.5, 0.6) is 11.5 Å². The summed E-state index contributed by atoms with van der Waals surface area (Å²) in [5.74, 6) is 3.15. The fourth-order valence-corrected chi connectivity index (χ4v) is 4.83. The van der Waals surface area contributed by atoms with Crippen molar-refractivity contribution >= 4 is 21.5 Å². The summed E-state index contributed by atoms with van der Waals surface area (Å²) in [6.07, 6.45) is 4.07. The van der Waals surface area contributed by atoms with Crippen LogP contribution in [-0.2, 0) is 12.8 Å². The minimum atomic E-state index is 0.608. The van der Waals surface area contributed by atoms with Crippen molar-refractivity contribution in [1.82, 2.24) is 4.98 Å². The van der Waals surface area contributed by atoms with Gasteiger partial charge in [0.2, 0.25) is 0 Å². The maximum Gasteiger partial charge on any atom is 0.140 e. The summed E-state index contributed by atoms with van der Waals surface area (Å²) in [5, 5.41) is 4.87. The molecule has 1 aliphatic heterocycles. The maximum atomic E-state index is 6.59. The van der Waals surface area contributed by atoms with Crippen LogP contribution >= 0.6 is 0 Å². The number of pyridine rings is 1. The molecular formula is C28H29NO. The molecule has 0 fully saturated rings. The van der Waals surface area contributed by atoms with Crippen molar-refractivity contribution in [3.05, 3.63) is 65.4 Å². The number of ether oxygens (including phenoxy) is 1. The molecule has 0 N–H and O–H groups in total. The van der Waals surface area contributed by atoms with Crippen molar-refractivity contribution in [2.75, 3.05) is 0 Å². The molecule has 0 bridgehead atoms. The van der Waals surface area contributed by atoms with E-state index in [4.69, 9.17) is 9.72 Å². The predicted molar refractivity (Wildman–Crippen MR) is 127 cm³/mol. The van der Waals surface area contributed by atoms with E-state index in [1.807, 2.05) is 6.20 Å². The van der Waals surface area contributed by atoms with Gasteiger partial charge in [0.15, 0.2) is 0 Å². The van der Waals surface area contributed by atoms with Gasteiger partial charge in [0.25, 0.3) is 0 Å². The lowest BCUT2D eigenvalue weighted by Crippen LogP contribution is -2.03. The molecule has 152 valence electrons. The minimum absolute atomic E-state index is 0.608. The second-order valence-corrected chi connectivity index (χ2v) is 9.58. The summed E-state index contributed by atoms with van der Waals surface area (Å²) in [5.41, 5.74) is 6.05. The third-order valence-electron chi connectivity index (χ3n) is 6.05. The number of hydrogen-bond acceptors (Lipinski definition) is 2. The Morgan fingerprint density at radius 1 is 0.833 bits per heavy atom. The Balaban J connectivity index is 1.73. The number of aromatic nitrogens is 1. The molecular weight excluding hydrogens is 366 g/mol. The zero-order chi connectivity index (χ0) is 21.0. The van der Waals surface area contributed by atoms with E-state index in [0.29, 0.717) is 11.8 Å². The van der Waals surface area contributed by atoms with Crippen LogP contribution in [0.4, 0.5) is 0 Å². The van der Waals surface area contributed by atoms with Gasteiger partial charge in [-0.15, -0.1) is 0 Å². The lowest BCUT2D eigenvalue weighted by molar-refractivity contribution is 0.482. The predicted octanol–water partition coefficient (Wildman–Crippen LogP) is 7.87. The molecule has 0 aliphatic carbocycles. The van der Waals surface area contributed by atoms with Gasteiger partial charge >= 0.3 is 0 Å². The summed E-state index contributed by atoms with van der Waals surface area (Å²) < 4.78 is 6.59. The number of nitrogens with zero attached hydrogens (tertiary/aromatic N) is 1. The fourth-order valence-electron chi connectivity index (χ4n) is 4.83. The second kappa shape index (κ2) is 7.12. The van der Waals surface area contributed by atoms with Gasteiger partial charge in [-0.3, -0.25) is 4.98 Å². The van der Waals surface area contributed by atoms with E-state index < -0.39 is 0 Å². The van der Waals surface area contributed by atoms with E-state index in [-0.39, 0.29) is 0 Å². The van der Waals surface area contributed by atoms with Gasteiger partial charge in [-0.2, -0.15) is 0 Å². The number of fused-ring (bicyclic) bond motifs is 3. The Hall–Kier alpha value is -2.87. The van der Waals surface area contributed by atoms with Crippen molar-refractivity contribution in [2.24, 2.45) is 11.8 Å². The third-order valence-corrected chi connectivity index (χ3v) is 6.05. The topological polar surface area (TPSA) is 22.1 Å². The van der Waals surface area contributed by atoms with Crippen molar-refractivity contribution in [2.45, 2.75) is 47.5 Å². The quantitative estimate of drug-likeness (QED) is 0.309. The monoisotopic (exact) mass is 395 g/mol. The molecule has 4 aromatic rings. The lowest BCUT2D eigenvalue weighted by atomic mass is 9.91. The van der Waals surface area contributed by atoms with Crippen LogP contribution in [0.2, 0.25) is 0 Å². The van der Waals surface area contributed by atoms with Crippen LogP contribution in [0.25, 0.3) is 32.8 Å². The molecule has 3 aromatic carbocycles. The molecule has 0 radical (unpaired) electrons. The maximum absolute atomic E-state index is 6.59. The Labute approximate surface area is 178 Å². The molecule has 1 aromatic heterocycles. The SMILES string of the molecule is Cc1c2c(cc3ccc(CC(C)C)cc13)-c1nccc3cc(CC(C)C)cc(c13)O2. The Bertz CT molecular complexity index is 1280. The van der Waals surface area contributed by atoms with E-state index in [0.717, 1.165) is 41.0 Å². The smallest absolute Gasteiger partial charge is 0.140 e. The minimum Gasteiger partial charge on any atom is -0.456 e. The highest BCUT2D eigenvalue weighted by Gasteiger charge is 2.25. The van der Waals surface area contributed by atoms with Gasteiger partial charge in [-0.25, -0.2) is 0 Å². The molecule has 5 rings (SSSR count). The molecule has 1 aliphatic rings. The van der Waals surface area contributed by atoms with Gasteiger partial charge in [-0.05, 0) is 77.1 Å². The van der Waals surface area contributed by atoms with Gasteiger partial charge in [0.1, 0.15) is 11.5 Å². The van der Waals surface area contributed by atoms with Gasteiger partial charge in [0, 0.05) is 17.3 Å². The van der Waals surface area contributed by atoms with E-state index in [1.165, 1.54) is 32.8 Å². The zero-order valence-corrected chi connectivity index (χ0v) is 18.5. The molecule has 2 heterocycles. The molecule has 0 atom stereocenters. The molecule has 0 amide bonds. The summed E-state index contributed by atoms with van der Waals surface area (Å²) in [4.78, 5) is 4.79. The van der Waals surface area contributed by atoms with Crippen LogP contribution in [-0.4, -0.2) is 4.98 Å². The molecule has 2 nitrogen and oxygen atoms in total. The lowest BCUT2D eigenvalue weighted by Gasteiger charge is -2.24. The normalized spacial score (nSPS) is 12.6. The van der Waals surface area contributed by atoms with Crippen molar-refractivity contribution in [3.63, 3.8) is 0 Å². The highest BCUT2D eigenvalue weighted by Crippen LogP contribution is 2.49. The number of hydrogen-bond donors (Lipinski definition) is 0. The average molecular weight is 396 g/mol. The van der Waals surface area contributed by atoms with Gasteiger partial charge < -0.3 is 4.74 Å². The first-order valence-corrected chi connectivity index (χ1v) is 11.1. The highest BCUT2D eigenvalue weighted by atomic mass is 16.5. The third kappa shape index (κ3) is 3.15. The molecule has 2 heteroatoms. The molecule has 0 unspecified atom stereocenters. The first-order valence-electron chi connectivity index (χ1n) is 11.1. The van der Waals surface area contributed by atoms with Crippen LogP contribution in [0.1, 0.15) is 44.4 Å². The standard InChI is InChI=1S/C28H29NO/c1-16(2)10-19-6-7-21-15-24-27-26-22(8-9-29-27)12-20(11-17(3)4)14-25(26)30-28(24)18(5)23(21)13-19/h6-9,12-17H,10-11H2,1-5H3. The second-order valence-electron chi connectivity index (χ2n) is 9.58. The van der Waals surface area contributed by atoms with E-state index >= 15 is 0 Å². The van der Waals surface area contributed by atoms with Crippen LogP contribution in [0.15, 0.2) is 48.7 Å². The zero-order valence-electron chi connectivity index (χ0n) is 18.5. The van der Waals surface area contributed by atoms with Crippen molar-refractivity contribution in [3.8, 4) is 22.8 Å². The van der Waals surface area contributed by atoms with Crippen molar-refractivity contribution < 1.29 is 4.74 Å². The van der Waals surface area contributed by atoms with Crippen molar-refractivity contribution in [1.29, 1.82) is 0 Å². The van der Waals surface area contributed by atoms with Crippen LogP contribution in [0.3, 0.4) is 0 Å². The number of rotatable bonds is 4. The summed E-state index contributed by atoms with van der Waals surface area (Å²) in [6.45, 7) is 11.2. The molecule has 0 saturated heterocycles. The van der Waals surface area contributed by atoms with Gasteiger partial charge in [-0.1, -0.05) is 52.0 Å². The van der Waals surface area contributed by atoms with Crippen LogP contribution in [0, 0.1) is 18.8 Å². The molecule has 30 heavy (non-hydrogen) atoms. The van der Waals surface area contributed by atoms with Crippen LogP contribution < -0.4 is 4.74 Å². The number of aryl methyl sites for hydroxylation is 1. The summed E-state index contributed by atoms with van der Waals surface area (Å²) >= 11 is 0. The fraction of sp³-hybridized carbons (Fsp3) is 0.321. The summed E-state index contributed by atoms with van der Waals surface area (Å²) in [6, 6.07) is 15.7. The first kappa shape index (κ1) is 19.1. The Kier molecular flexibility index (Phi) is 4.54.